The molecule has 0 spiro atoms. The summed E-state index contributed by atoms with van der Waals surface area (Å²) in [5.41, 5.74) is 3.62. The summed E-state index contributed by atoms with van der Waals surface area (Å²) in [5, 5.41) is 4.00. The van der Waals surface area contributed by atoms with E-state index in [1.165, 1.54) is 4.90 Å². The average molecular weight is 512 g/mol. The van der Waals surface area contributed by atoms with Crippen molar-refractivity contribution in [1.82, 2.24) is 4.57 Å². The van der Waals surface area contributed by atoms with Gasteiger partial charge in [-0.15, -0.1) is 0 Å². The van der Waals surface area contributed by atoms with E-state index in [1.54, 1.807) is 48.5 Å². The maximum Gasteiger partial charge on any atom is 0.247 e. The van der Waals surface area contributed by atoms with Gasteiger partial charge >= 0.3 is 0 Å². The SMILES string of the molecule is CCC(C(=O)Nc1ccc(Cl)cc1)N(C(=O)Cn1c(C)cc2c1CCCC2=O)c1ccc(Cl)cc1. The highest BCUT2D eigenvalue weighted by atomic mass is 35.5. The summed E-state index contributed by atoms with van der Waals surface area (Å²) < 4.78 is 1.90. The highest BCUT2D eigenvalue weighted by Gasteiger charge is 2.32. The topological polar surface area (TPSA) is 71.4 Å². The van der Waals surface area contributed by atoms with Gasteiger partial charge in [-0.25, -0.2) is 0 Å². The molecule has 0 saturated heterocycles. The van der Waals surface area contributed by atoms with Crippen LogP contribution in [0.15, 0.2) is 54.6 Å². The number of ketones is 1. The number of nitrogens with zero attached hydrogens (tertiary/aromatic N) is 2. The van der Waals surface area contributed by atoms with E-state index in [-0.39, 0.29) is 24.1 Å². The first-order valence-corrected chi connectivity index (χ1v) is 12.4. The number of carbonyl (C=O) groups excluding carboxylic acids is 3. The smallest absolute Gasteiger partial charge is 0.247 e. The summed E-state index contributed by atoms with van der Waals surface area (Å²) in [6.45, 7) is 3.79. The molecule has 1 atom stereocenters. The normalized spacial score (nSPS) is 13.8. The van der Waals surface area contributed by atoms with E-state index in [0.717, 1.165) is 24.2 Å². The lowest BCUT2D eigenvalue weighted by atomic mass is 9.96. The number of amides is 2. The van der Waals surface area contributed by atoms with Gasteiger partial charge in [-0.3, -0.25) is 19.3 Å². The predicted octanol–water partition coefficient (Wildman–Crippen LogP) is 6.07. The van der Waals surface area contributed by atoms with E-state index in [9.17, 15) is 14.4 Å². The van der Waals surface area contributed by atoms with E-state index in [2.05, 4.69) is 5.32 Å². The average Bonchev–Trinajstić information content (AvgIpc) is 3.16. The van der Waals surface area contributed by atoms with Crippen molar-refractivity contribution in [3.8, 4) is 0 Å². The second-order valence-corrected chi connectivity index (χ2v) is 9.54. The minimum atomic E-state index is -0.757. The molecule has 2 aromatic carbocycles. The van der Waals surface area contributed by atoms with Gasteiger partial charge in [0.25, 0.3) is 0 Å². The Balaban J connectivity index is 1.66. The number of anilines is 2. The molecule has 1 heterocycles. The molecule has 1 aromatic heterocycles. The van der Waals surface area contributed by atoms with Crippen molar-refractivity contribution in [3.63, 3.8) is 0 Å². The molecule has 2 amide bonds. The van der Waals surface area contributed by atoms with Crippen LogP contribution in [0.5, 0.6) is 0 Å². The van der Waals surface area contributed by atoms with Crippen molar-refractivity contribution in [2.75, 3.05) is 10.2 Å². The van der Waals surface area contributed by atoms with Gasteiger partial charge in [-0.1, -0.05) is 30.1 Å². The van der Waals surface area contributed by atoms with Crippen molar-refractivity contribution in [2.45, 2.75) is 52.1 Å². The number of Topliss-reactive ketones (excluding diaryl/α,β-unsaturated/α-hetero) is 1. The number of halogens is 2. The molecule has 3 aromatic rings. The van der Waals surface area contributed by atoms with Crippen LogP contribution in [0.3, 0.4) is 0 Å². The first-order chi connectivity index (χ1) is 16.8. The number of rotatable bonds is 7. The lowest BCUT2D eigenvalue weighted by Gasteiger charge is -2.31. The monoisotopic (exact) mass is 511 g/mol. The largest absolute Gasteiger partial charge is 0.339 e. The molecule has 0 bridgehead atoms. The van der Waals surface area contributed by atoms with Crippen LogP contribution in [-0.4, -0.2) is 28.2 Å². The van der Waals surface area contributed by atoms with Gasteiger partial charge in [-0.2, -0.15) is 0 Å². The van der Waals surface area contributed by atoms with Gasteiger partial charge in [0, 0.05) is 44.8 Å². The van der Waals surface area contributed by atoms with Crippen molar-refractivity contribution >= 4 is 52.2 Å². The third-order valence-corrected chi connectivity index (χ3v) is 6.82. The fourth-order valence-electron chi connectivity index (χ4n) is 4.57. The second-order valence-electron chi connectivity index (χ2n) is 8.67. The maximum atomic E-state index is 13.8. The molecule has 182 valence electrons. The molecule has 1 aliphatic carbocycles. The Hall–Kier alpha value is -3.09. The van der Waals surface area contributed by atoms with E-state index < -0.39 is 6.04 Å². The van der Waals surface area contributed by atoms with E-state index in [4.69, 9.17) is 23.2 Å². The zero-order chi connectivity index (χ0) is 25.1. The van der Waals surface area contributed by atoms with Crippen LogP contribution in [0.4, 0.5) is 11.4 Å². The molecule has 1 aliphatic rings. The minimum absolute atomic E-state index is 0.0296. The first-order valence-electron chi connectivity index (χ1n) is 11.6. The standard InChI is InChI=1S/C27H27Cl2N3O3/c1-3-23(27(35)30-20-11-7-18(28)8-12-20)32(21-13-9-19(29)10-14-21)26(34)16-31-17(2)15-22-24(31)5-4-6-25(22)33/h7-15,23H,3-6,16H2,1-2H3,(H,30,35). The van der Waals surface area contributed by atoms with Gasteiger partial charge in [0.15, 0.2) is 5.78 Å². The molecule has 8 heteroatoms. The van der Waals surface area contributed by atoms with Crippen LogP contribution >= 0.6 is 23.2 Å². The highest BCUT2D eigenvalue weighted by molar-refractivity contribution is 6.31. The van der Waals surface area contributed by atoms with Crippen molar-refractivity contribution in [1.29, 1.82) is 0 Å². The predicted molar refractivity (Wildman–Crippen MR) is 140 cm³/mol. The van der Waals surface area contributed by atoms with E-state index in [0.29, 0.717) is 39.8 Å². The quantitative estimate of drug-likeness (QED) is 0.418. The number of aryl methyl sites for hydroxylation is 1. The van der Waals surface area contributed by atoms with Gasteiger partial charge in [0.05, 0.1) is 0 Å². The van der Waals surface area contributed by atoms with Crippen LogP contribution in [0.1, 0.15) is 47.9 Å². The Kier molecular flexibility index (Phi) is 7.63. The van der Waals surface area contributed by atoms with Crippen molar-refractivity contribution in [3.05, 3.63) is 81.6 Å². The summed E-state index contributed by atoms with van der Waals surface area (Å²) in [7, 11) is 0. The number of benzene rings is 2. The van der Waals surface area contributed by atoms with Crippen LogP contribution in [-0.2, 0) is 22.6 Å². The van der Waals surface area contributed by atoms with Crippen molar-refractivity contribution in [2.24, 2.45) is 0 Å². The van der Waals surface area contributed by atoms with Gasteiger partial charge in [0.2, 0.25) is 11.8 Å². The summed E-state index contributed by atoms with van der Waals surface area (Å²) in [5.74, 6) is -0.437. The molecule has 0 aliphatic heterocycles. The van der Waals surface area contributed by atoms with Gasteiger partial charge in [0.1, 0.15) is 12.6 Å². The molecule has 0 radical (unpaired) electrons. The molecule has 4 rings (SSSR count). The Morgan fingerprint density at radius 1 is 1.03 bits per heavy atom. The number of hydrogen-bond acceptors (Lipinski definition) is 3. The Labute approximate surface area is 214 Å². The first kappa shape index (κ1) is 25.0. The number of aromatic nitrogens is 1. The molecule has 35 heavy (non-hydrogen) atoms. The van der Waals surface area contributed by atoms with Crippen LogP contribution in [0.25, 0.3) is 0 Å². The molecular formula is C27H27Cl2N3O3. The Morgan fingerprint density at radius 2 is 1.66 bits per heavy atom. The lowest BCUT2D eigenvalue weighted by molar-refractivity contribution is -0.124. The van der Waals surface area contributed by atoms with Crippen LogP contribution in [0, 0.1) is 6.92 Å². The number of fused-ring (bicyclic) bond motifs is 1. The highest BCUT2D eigenvalue weighted by Crippen LogP contribution is 2.27. The van der Waals surface area contributed by atoms with E-state index >= 15 is 0 Å². The van der Waals surface area contributed by atoms with Gasteiger partial charge in [-0.05, 0) is 80.8 Å². The van der Waals surface area contributed by atoms with Gasteiger partial charge < -0.3 is 9.88 Å². The number of hydrogen-bond donors (Lipinski definition) is 1. The summed E-state index contributed by atoms with van der Waals surface area (Å²) in [6, 6.07) is 14.8. The molecule has 1 N–H and O–H groups in total. The summed E-state index contributed by atoms with van der Waals surface area (Å²) in [6.07, 6.45) is 2.45. The fourth-order valence-corrected chi connectivity index (χ4v) is 4.82. The number of carbonyl (C=O) groups is 3. The third-order valence-electron chi connectivity index (χ3n) is 6.31. The van der Waals surface area contributed by atoms with Crippen molar-refractivity contribution < 1.29 is 14.4 Å². The molecule has 0 saturated carbocycles. The van der Waals surface area contributed by atoms with Crippen LogP contribution < -0.4 is 10.2 Å². The lowest BCUT2D eigenvalue weighted by Crippen LogP contribution is -2.48. The maximum absolute atomic E-state index is 13.8. The Bertz CT molecular complexity index is 1250. The van der Waals surface area contributed by atoms with Crippen LogP contribution in [0.2, 0.25) is 10.0 Å². The molecular weight excluding hydrogens is 485 g/mol. The molecule has 6 nitrogen and oxygen atoms in total. The zero-order valence-electron chi connectivity index (χ0n) is 19.7. The zero-order valence-corrected chi connectivity index (χ0v) is 21.2. The summed E-state index contributed by atoms with van der Waals surface area (Å²) >= 11 is 12.1. The Morgan fingerprint density at radius 3 is 2.29 bits per heavy atom. The molecule has 1 unspecified atom stereocenters. The number of nitrogens with one attached hydrogen (secondary N) is 1. The third kappa shape index (κ3) is 5.44. The molecule has 0 fully saturated rings. The fraction of sp³-hybridized carbons (Fsp3) is 0.296. The second kappa shape index (κ2) is 10.7. The minimum Gasteiger partial charge on any atom is -0.339 e. The summed E-state index contributed by atoms with van der Waals surface area (Å²) in [4.78, 5) is 41.1. The van der Waals surface area contributed by atoms with E-state index in [1.807, 2.05) is 24.5 Å².